The van der Waals surface area contributed by atoms with Gasteiger partial charge in [-0.05, 0) is 17.7 Å². The van der Waals surface area contributed by atoms with Crippen molar-refractivity contribution in [1.29, 1.82) is 0 Å². The molecule has 2 aromatic heterocycles. The van der Waals surface area contributed by atoms with Crippen LogP contribution in [0.2, 0.25) is 0 Å². The van der Waals surface area contributed by atoms with Gasteiger partial charge in [-0.3, -0.25) is 0 Å². The monoisotopic (exact) mass is 361 g/mol. The average molecular weight is 361 g/mol. The summed E-state index contributed by atoms with van der Waals surface area (Å²) < 4.78 is 11.4. The van der Waals surface area contributed by atoms with Crippen molar-refractivity contribution < 1.29 is 14.3 Å². The van der Waals surface area contributed by atoms with E-state index >= 15 is 0 Å². The smallest absolute Gasteiger partial charge is 0.232 e. The zero-order valence-electron chi connectivity index (χ0n) is 14.8. The molecule has 136 valence electrons. The maximum absolute atomic E-state index is 9.18. The predicted octanol–water partition coefficient (Wildman–Crippen LogP) is 3.97. The number of hydrogen-bond acceptors (Lipinski definition) is 6. The van der Waals surface area contributed by atoms with Crippen LogP contribution in [0.1, 0.15) is 0 Å². The number of anilines is 1. The number of benzene rings is 2. The molecule has 0 saturated carbocycles. The summed E-state index contributed by atoms with van der Waals surface area (Å²) in [6.45, 7) is 0.396. The third-order valence-corrected chi connectivity index (χ3v) is 4.31. The third-order valence-electron chi connectivity index (χ3n) is 4.31. The Balaban J connectivity index is 1.98. The van der Waals surface area contributed by atoms with Gasteiger partial charge in [0.05, 0.1) is 19.1 Å². The van der Waals surface area contributed by atoms with Crippen LogP contribution < -0.4 is 10.1 Å². The van der Waals surface area contributed by atoms with Gasteiger partial charge in [0.15, 0.2) is 0 Å². The van der Waals surface area contributed by atoms with Crippen molar-refractivity contribution in [1.82, 2.24) is 9.97 Å². The Hall–Kier alpha value is -3.38. The Bertz CT molecular complexity index is 1040. The molecule has 0 fully saturated rings. The highest BCUT2D eigenvalue weighted by molar-refractivity contribution is 6.05. The molecule has 4 rings (SSSR count). The first kappa shape index (κ1) is 17.1. The Morgan fingerprint density at radius 2 is 1.78 bits per heavy atom. The Labute approximate surface area is 156 Å². The van der Waals surface area contributed by atoms with Crippen LogP contribution in [-0.2, 0) is 0 Å². The molecule has 0 aliphatic rings. The summed E-state index contributed by atoms with van der Waals surface area (Å²) in [5, 5.41) is 13.1. The molecule has 2 aromatic carbocycles. The van der Waals surface area contributed by atoms with Crippen LogP contribution in [0.4, 0.5) is 5.82 Å². The molecule has 0 bridgehead atoms. The molecule has 4 aromatic rings. The van der Waals surface area contributed by atoms with Gasteiger partial charge in [0.25, 0.3) is 0 Å². The van der Waals surface area contributed by atoms with Gasteiger partial charge in [-0.1, -0.05) is 42.5 Å². The number of nitrogens with zero attached hydrogens (tertiary/aromatic N) is 2. The Kier molecular flexibility index (Phi) is 4.72. The van der Waals surface area contributed by atoms with Crippen molar-refractivity contribution in [2.45, 2.75) is 0 Å². The number of fused-ring (bicyclic) bond motifs is 1. The van der Waals surface area contributed by atoms with E-state index in [1.165, 1.54) is 6.33 Å². The van der Waals surface area contributed by atoms with Crippen LogP contribution in [0.5, 0.6) is 5.75 Å². The van der Waals surface area contributed by atoms with Crippen molar-refractivity contribution in [3.63, 3.8) is 0 Å². The average Bonchev–Trinajstić information content (AvgIpc) is 3.13. The minimum atomic E-state index is 0.00671. The topological polar surface area (TPSA) is 80.4 Å². The minimum absolute atomic E-state index is 0.00671. The molecule has 0 spiro atoms. The molecule has 2 N–H and O–H groups in total. The molecule has 0 saturated heterocycles. The van der Waals surface area contributed by atoms with Crippen molar-refractivity contribution in [2.75, 3.05) is 25.6 Å². The van der Waals surface area contributed by atoms with Crippen molar-refractivity contribution in [2.24, 2.45) is 0 Å². The molecule has 0 atom stereocenters. The number of furan rings is 1. The second-order valence-corrected chi connectivity index (χ2v) is 5.95. The molecule has 2 heterocycles. The van der Waals surface area contributed by atoms with Crippen LogP contribution >= 0.6 is 0 Å². The van der Waals surface area contributed by atoms with Gasteiger partial charge in [0, 0.05) is 17.7 Å². The summed E-state index contributed by atoms with van der Waals surface area (Å²) in [4.78, 5) is 8.66. The lowest BCUT2D eigenvalue weighted by molar-refractivity contribution is 0.311. The fraction of sp³-hybridized carbons (Fsp3) is 0.143. The zero-order chi connectivity index (χ0) is 18.6. The number of methoxy groups -OCH3 is 1. The molecular formula is C21H19N3O3. The van der Waals surface area contributed by atoms with Gasteiger partial charge < -0.3 is 19.6 Å². The van der Waals surface area contributed by atoms with E-state index in [-0.39, 0.29) is 6.61 Å². The van der Waals surface area contributed by atoms with E-state index in [2.05, 4.69) is 15.3 Å². The highest BCUT2D eigenvalue weighted by Gasteiger charge is 2.21. The standard InChI is InChI=1S/C21H19N3O3/c1-26-16-9-7-14(8-10-16)17-18-20(22-11-12-25)23-13-24-21(18)27-19(17)15-5-3-2-4-6-15/h2-10,13,25H,11-12H2,1H3,(H,22,23,24). The van der Waals surface area contributed by atoms with Crippen LogP contribution in [0, 0.1) is 0 Å². The molecule has 6 nitrogen and oxygen atoms in total. The van der Waals surface area contributed by atoms with E-state index in [0.29, 0.717) is 18.1 Å². The van der Waals surface area contributed by atoms with Crippen LogP contribution in [0.25, 0.3) is 33.6 Å². The van der Waals surface area contributed by atoms with Gasteiger partial charge in [-0.15, -0.1) is 0 Å². The molecule has 0 aliphatic carbocycles. The first-order valence-corrected chi connectivity index (χ1v) is 8.64. The number of aliphatic hydroxyl groups is 1. The molecule has 6 heteroatoms. The van der Waals surface area contributed by atoms with Gasteiger partial charge in [-0.2, -0.15) is 0 Å². The lowest BCUT2D eigenvalue weighted by Crippen LogP contribution is -2.07. The maximum atomic E-state index is 9.18. The van der Waals surface area contributed by atoms with Crippen molar-refractivity contribution >= 4 is 16.9 Å². The highest BCUT2D eigenvalue weighted by atomic mass is 16.5. The van der Waals surface area contributed by atoms with E-state index in [4.69, 9.17) is 9.15 Å². The molecule has 0 radical (unpaired) electrons. The Morgan fingerprint density at radius 3 is 2.48 bits per heavy atom. The summed E-state index contributed by atoms with van der Waals surface area (Å²) in [5.41, 5.74) is 3.32. The predicted molar refractivity (Wildman–Crippen MR) is 105 cm³/mol. The first-order chi connectivity index (χ1) is 13.3. The number of ether oxygens (including phenoxy) is 1. The number of nitrogens with one attached hydrogen (secondary N) is 1. The van der Waals surface area contributed by atoms with Crippen LogP contribution in [0.15, 0.2) is 65.3 Å². The SMILES string of the molecule is COc1ccc(-c2c(-c3ccccc3)oc3ncnc(NCCO)c23)cc1. The molecule has 27 heavy (non-hydrogen) atoms. The summed E-state index contributed by atoms with van der Waals surface area (Å²) in [6.07, 6.45) is 1.46. The second-order valence-electron chi connectivity index (χ2n) is 5.95. The van der Waals surface area contributed by atoms with Crippen molar-refractivity contribution in [3.05, 3.63) is 60.9 Å². The lowest BCUT2D eigenvalue weighted by atomic mass is 9.99. The highest BCUT2D eigenvalue weighted by Crippen LogP contribution is 2.42. The lowest BCUT2D eigenvalue weighted by Gasteiger charge is -2.08. The van der Waals surface area contributed by atoms with E-state index < -0.39 is 0 Å². The molecular weight excluding hydrogens is 342 g/mol. The number of aliphatic hydroxyl groups excluding tert-OH is 1. The van der Waals surface area contributed by atoms with Gasteiger partial charge >= 0.3 is 0 Å². The summed E-state index contributed by atoms with van der Waals surface area (Å²) >= 11 is 0. The van der Waals surface area contributed by atoms with Gasteiger partial charge in [-0.25, -0.2) is 9.97 Å². The summed E-state index contributed by atoms with van der Waals surface area (Å²) in [7, 11) is 1.64. The number of hydrogen-bond donors (Lipinski definition) is 2. The van der Waals surface area contributed by atoms with E-state index in [9.17, 15) is 5.11 Å². The van der Waals surface area contributed by atoms with Gasteiger partial charge in [0.2, 0.25) is 5.71 Å². The summed E-state index contributed by atoms with van der Waals surface area (Å²) in [6, 6.07) is 17.7. The Morgan fingerprint density at radius 1 is 1.00 bits per heavy atom. The second kappa shape index (κ2) is 7.47. The minimum Gasteiger partial charge on any atom is -0.497 e. The zero-order valence-corrected chi connectivity index (χ0v) is 14.8. The first-order valence-electron chi connectivity index (χ1n) is 8.64. The number of rotatable bonds is 6. The van der Waals surface area contributed by atoms with Crippen LogP contribution in [-0.4, -0.2) is 35.3 Å². The molecule has 0 amide bonds. The van der Waals surface area contributed by atoms with Crippen molar-refractivity contribution in [3.8, 4) is 28.2 Å². The van der Waals surface area contributed by atoms with Gasteiger partial charge in [0.1, 0.15) is 23.7 Å². The van der Waals surface area contributed by atoms with Crippen LogP contribution in [0.3, 0.4) is 0 Å². The quantitative estimate of drug-likeness (QED) is 0.541. The number of aromatic nitrogens is 2. The normalized spacial score (nSPS) is 10.9. The van der Waals surface area contributed by atoms with E-state index in [1.807, 2.05) is 54.6 Å². The fourth-order valence-corrected chi connectivity index (χ4v) is 3.07. The molecule has 0 aliphatic heterocycles. The summed E-state index contributed by atoms with van der Waals surface area (Å²) in [5.74, 6) is 2.14. The largest absolute Gasteiger partial charge is 0.497 e. The maximum Gasteiger partial charge on any atom is 0.232 e. The molecule has 0 unspecified atom stereocenters. The fourth-order valence-electron chi connectivity index (χ4n) is 3.07. The van der Waals surface area contributed by atoms with E-state index in [1.54, 1.807) is 7.11 Å². The third kappa shape index (κ3) is 3.22. The van der Waals surface area contributed by atoms with E-state index in [0.717, 1.165) is 33.6 Å².